The molecule has 1 saturated heterocycles. The van der Waals surface area contributed by atoms with Crippen molar-refractivity contribution in [3.8, 4) is 11.1 Å². The van der Waals surface area contributed by atoms with E-state index in [1.807, 2.05) is 18.2 Å². The highest BCUT2D eigenvalue weighted by molar-refractivity contribution is 5.84. The first-order chi connectivity index (χ1) is 16.1. The van der Waals surface area contributed by atoms with Crippen molar-refractivity contribution in [2.24, 2.45) is 5.41 Å². The van der Waals surface area contributed by atoms with E-state index in [0.717, 1.165) is 41.6 Å². The van der Waals surface area contributed by atoms with Crippen molar-refractivity contribution in [1.29, 1.82) is 0 Å². The molecule has 1 aliphatic heterocycles. The summed E-state index contributed by atoms with van der Waals surface area (Å²) in [4.78, 5) is 24.1. The van der Waals surface area contributed by atoms with Gasteiger partial charge in [0, 0.05) is 37.6 Å². The molecule has 0 saturated carbocycles. The van der Waals surface area contributed by atoms with Crippen LogP contribution in [0.2, 0.25) is 0 Å². The van der Waals surface area contributed by atoms with Gasteiger partial charge in [0.1, 0.15) is 12.1 Å². The van der Waals surface area contributed by atoms with E-state index in [1.54, 1.807) is 30.6 Å². The molecule has 2 aromatic carbocycles. The minimum atomic E-state index is -0.597. The number of amides is 1. The predicted molar refractivity (Wildman–Crippen MR) is 128 cm³/mol. The van der Waals surface area contributed by atoms with Gasteiger partial charge in [-0.15, -0.1) is 6.58 Å². The number of carbonyl (C=O) groups is 1. The summed E-state index contributed by atoms with van der Waals surface area (Å²) in [6.07, 6.45) is 9.10. The van der Waals surface area contributed by atoms with Crippen LogP contribution in [0.1, 0.15) is 24.0 Å². The van der Waals surface area contributed by atoms with Crippen molar-refractivity contribution in [2.75, 3.05) is 19.6 Å². The number of halogens is 1. The van der Waals surface area contributed by atoms with Gasteiger partial charge in [-0.3, -0.25) is 9.69 Å². The molecule has 0 radical (unpaired) electrons. The standard InChI is InChI=1S/C27H29FN4O/c1-2-12-31-26(33)27(11-6-13-32(19-27)18-21-7-5-9-24(28)14-21)15-22-8-3-4-10-25(22)23-16-29-20-30-17-23/h2-5,7-10,14,16-17,20H,1,6,11-13,15,18-19H2,(H,31,33). The molecule has 1 aromatic heterocycles. The van der Waals surface area contributed by atoms with E-state index in [2.05, 4.69) is 38.9 Å². The molecular formula is C27H29FN4O. The zero-order chi connectivity index (χ0) is 23.1. The maximum atomic E-state index is 13.7. The molecule has 4 rings (SSSR count). The smallest absolute Gasteiger partial charge is 0.228 e. The molecule has 0 bridgehead atoms. The van der Waals surface area contributed by atoms with Crippen LogP contribution in [0.4, 0.5) is 4.39 Å². The molecule has 1 amide bonds. The summed E-state index contributed by atoms with van der Waals surface area (Å²) >= 11 is 0. The lowest BCUT2D eigenvalue weighted by molar-refractivity contribution is -0.134. The first-order valence-electron chi connectivity index (χ1n) is 11.3. The van der Waals surface area contributed by atoms with Crippen LogP contribution >= 0.6 is 0 Å². The van der Waals surface area contributed by atoms with Gasteiger partial charge in [-0.25, -0.2) is 14.4 Å². The monoisotopic (exact) mass is 444 g/mol. The largest absolute Gasteiger partial charge is 0.352 e. The third-order valence-corrected chi connectivity index (χ3v) is 6.26. The second kappa shape index (κ2) is 10.5. The molecule has 170 valence electrons. The topological polar surface area (TPSA) is 58.1 Å². The van der Waals surface area contributed by atoms with Gasteiger partial charge in [0.25, 0.3) is 0 Å². The van der Waals surface area contributed by atoms with Gasteiger partial charge >= 0.3 is 0 Å². The molecule has 0 spiro atoms. The van der Waals surface area contributed by atoms with Gasteiger partial charge in [-0.2, -0.15) is 0 Å². The Hall–Kier alpha value is -3.38. The van der Waals surface area contributed by atoms with Gasteiger partial charge < -0.3 is 5.32 Å². The zero-order valence-electron chi connectivity index (χ0n) is 18.7. The number of nitrogens with one attached hydrogen (secondary N) is 1. The number of likely N-dealkylation sites (tertiary alicyclic amines) is 1. The Bertz CT molecular complexity index is 1100. The van der Waals surface area contributed by atoms with E-state index in [9.17, 15) is 9.18 Å². The normalized spacial score (nSPS) is 18.6. The summed E-state index contributed by atoms with van der Waals surface area (Å²) in [5.41, 5.74) is 3.38. The number of benzene rings is 2. The third-order valence-electron chi connectivity index (χ3n) is 6.26. The Morgan fingerprint density at radius 3 is 2.79 bits per heavy atom. The summed E-state index contributed by atoms with van der Waals surface area (Å²) in [7, 11) is 0. The van der Waals surface area contributed by atoms with E-state index in [-0.39, 0.29) is 11.7 Å². The molecule has 1 aliphatic rings. The van der Waals surface area contributed by atoms with Gasteiger partial charge in [0.2, 0.25) is 5.91 Å². The van der Waals surface area contributed by atoms with E-state index in [1.165, 1.54) is 12.4 Å². The fraction of sp³-hybridized carbons (Fsp3) is 0.296. The van der Waals surface area contributed by atoms with Crippen LogP contribution in [0, 0.1) is 11.2 Å². The zero-order valence-corrected chi connectivity index (χ0v) is 18.7. The lowest BCUT2D eigenvalue weighted by Crippen LogP contribution is -2.53. The van der Waals surface area contributed by atoms with Crippen molar-refractivity contribution < 1.29 is 9.18 Å². The molecule has 1 unspecified atom stereocenters. The summed E-state index contributed by atoms with van der Waals surface area (Å²) in [6, 6.07) is 14.8. The van der Waals surface area contributed by atoms with Crippen molar-refractivity contribution in [3.63, 3.8) is 0 Å². The molecule has 1 fully saturated rings. The van der Waals surface area contributed by atoms with Crippen molar-refractivity contribution in [1.82, 2.24) is 20.2 Å². The highest BCUT2D eigenvalue weighted by Gasteiger charge is 2.42. The fourth-order valence-electron chi connectivity index (χ4n) is 4.78. The Morgan fingerprint density at radius 1 is 1.18 bits per heavy atom. The molecule has 5 nitrogen and oxygen atoms in total. The molecule has 0 aliphatic carbocycles. The lowest BCUT2D eigenvalue weighted by Gasteiger charge is -2.42. The highest BCUT2D eigenvalue weighted by atomic mass is 19.1. The maximum absolute atomic E-state index is 13.7. The molecule has 2 heterocycles. The van der Waals surface area contributed by atoms with E-state index in [0.29, 0.717) is 26.1 Å². The van der Waals surface area contributed by atoms with Crippen LogP contribution in [0.15, 0.2) is 79.9 Å². The quantitative estimate of drug-likeness (QED) is 0.523. The Morgan fingerprint density at radius 2 is 2.00 bits per heavy atom. The number of aromatic nitrogens is 2. The van der Waals surface area contributed by atoms with E-state index in [4.69, 9.17) is 0 Å². The van der Waals surface area contributed by atoms with Crippen molar-refractivity contribution in [2.45, 2.75) is 25.8 Å². The molecular weight excluding hydrogens is 415 g/mol. The average molecular weight is 445 g/mol. The lowest BCUT2D eigenvalue weighted by atomic mass is 9.73. The van der Waals surface area contributed by atoms with Crippen molar-refractivity contribution >= 4 is 5.91 Å². The van der Waals surface area contributed by atoms with Gasteiger partial charge in [0.15, 0.2) is 0 Å². The van der Waals surface area contributed by atoms with Crippen LogP contribution in [-0.4, -0.2) is 40.4 Å². The predicted octanol–water partition coefficient (Wildman–Crippen LogP) is 4.41. The average Bonchev–Trinajstić information content (AvgIpc) is 2.83. The molecule has 3 aromatic rings. The van der Waals surface area contributed by atoms with Gasteiger partial charge in [-0.1, -0.05) is 42.5 Å². The first-order valence-corrected chi connectivity index (χ1v) is 11.3. The fourth-order valence-corrected chi connectivity index (χ4v) is 4.78. The molecule has 1 atom stereocenters. The Kier molecular flexibility index (Phi) is 7.25. The van der Waals surface area contributed by atoms with Crippen LogP contribution in [0.5, 0.6) is 0 Å². The van der Waals surface area contributed by atoms with Crippen LogP contribution in [-0.2, 0) is 17.8 Å². The Balaban J connectivity index is 1.64. The summed E-state index contributed by atoms with van der Waals surface area (Å²) in [6.45, 7) is 6.26. The number of nitrogens with zero attached hydrogens (tertiary/aromatic N) is 3. The molecule has 6 heteroatoms. The van der Waals surface area contributed by atoms with Crippen LogP contribution < -0.4 is 5.32 Å². The number of carbonyl (C=O) groups excluding carboxylic acids is 1. The van der Waals surface area contributed by atoms with Crippen molar-refractivity contribution in [3.05, 3.63) is 96.9 Å². The second-order valence-corrected chi connectivity index (χ2v) is 8.68. The number of hydrogen-bond acceptors (Lipinski definition) is 4. The summed E-state index contributed by atoms with van der Waals surface area (Å²) < 4.78 is 13.7. The highest BCUT2D eigenvalue weighted by Crippen LogP contribution is 2.37. The van der Waals surface area contributed by atoms with Crippen LogP contribution in [0.25, 0.3) is 11.1 Å². The SMILES string of the molecule is C=CCNC(=O)C1(Cc2ccccc2-c2cncnc2)CCCN(Cc2cccc(F)c2)C1. The minimum Gasteiger partial charge on any atom is -0.352 e. The third kappa shape index (κ3) is 5.52. The second-order valence-electron chi connectivity index (χ2n) is 8.68. The summed E-state index contributed by atoms with van der Waals surface area (Å²) in [5.74, 6) is -0.205. The van der Waals surface area contributed by atoms with Gasteiger partial charge in [0.05, 0.1) is 5.41 Å². The first kappa shape index (κ1) is 22.8. The van der Waals surface area contributed by atoms with E-state index < -0.39 is 5.41 Å². The maximum Gasteiger partial charge on any atom is 0.228 e. The Labute approximate surface area is 194 Å². The number of piperidine rings is 1. The number of hydrogen-bond donors (Lipinski definition) is 1. The molecule has 1 N–H and O–H groups in total. The number of rotatable bonds is 8. The van der Waals surface area contributed by atoms with Gasteiger partial charge in [-0.05, 0) is 54.6 Å². The minimum absolute atomic E-state index is 0.0328. The van der Waals surface area contributed by atoms with Crippen LogP contribution in [0.3, 0.4) is 0 Å². The summed E-state index contributed by atoms with van der Waals surface area (Å²) in [5, 5.41) is 3.05. The van der Waals surface area contributed by atoms with E-state index >= 15 is 0 Å². The molecule has 33 heavy (non-hydrogen) atoms.